The predicted molar refractivity (Wildman–Crippen MR) is 87.7 cm³/mol. The molecule has 0 bridgehead atoms. The number of ether oxygens (including phenoxy) is 1. The van der Waals surface area contributed by atoms with Crippen molar-refractivity contribution in [1.29, 1.82) is 0 Å². The molecule has 1 fully saturated rings. The molecule has 1 aliphatic heterocycles. The first-order chi connectivity index (χ1) is 11.0. The fourth-order valence-corrected chi connectivity index (χ4v) is 3.47. The summed E-state index contributed by atoms with van der Waals surface area (Å²) in [7, 11) is 1.36. The molecule has 1 aromatic carbocycles. The van der Waals surface area contributed by atoms with E-state index in [1.54, 1.807) is 19.1 Å². The Morgan fingerprint density at radius 1 is 1.43 bits per heavy atom. The molecule has 0 spiro atoms. The second-order valence-electron chi connectivity index (χ2n) is 6.28. The number of phenols is 1. The minimum atomic E-state index is -0.431. The zero-order valence-electron chi connectivity index (χ0n) is 13.9. The van der Waals surface area contributed by atoms with E-state index in [1.165, 1.54) is 13.5 Å². The number of carbonyl (C=O) groups excluding carboxylic acids is 1. The van der Waals surface area contributed by atoms with Crippen molar-refractivity contribution in [1.82, 2.24) is 4.90 Å². The van der Waals surface area contributed by atoms with Gasteiger partial charge in [0.25, 0.3) is 0 Å². The van der Waals surface area contributed by atoms with Crippen molar-refractivity contribution in [2.24, 2.45) is 0 Å². The van der Waals surface area contributed by atoms with E-state index in [-0.39, 0.29) is 5.75 Å². The first-order valence-electron chi connectivity index (χ1n) is 8.09. The zero-order valence-corrected chi connectivity index (χ0v) is 13.9. The van der Waals surface area contributed by atoms with Crippen molar-refractivity contribution in [3.8, 4) is 5.75 Å². The highest BCUT2D eigenvalue weighted by atomic mass is 16.5. The number of esters is 1. The number of aryl methyl sites for hydroxylation is 1. The maximum absolute atomic E-state index is 12.2. The van der Waals surface area contributed by atoms with E-state index >= 15 is 0 Å². The average molecular weight is 317 g/mol. The Hall–Kier alpha value is -2.01. The van der Waals surface area contributed by atoms with Crippen LogP contribution in [0.2, 0.25) is 0 Å². The van der Waals surface area contributed by atoms with Gasteiger partial charge in [-0.1, -0.05) is 6.42 Å². The number of hydrogen-bond donors (Lipinski definition) is 1. The number of furan rings is 1. The standard InChI is InChI=1S/C18H23NO4/c1-11-6-4-5-9-19(11)10-13-14(20)7-8-15-17(13)16(12(2)23-15)18(21)22-3/h7-8,11,20H,4-6,9-10H2,1-3H3. The number of aromatic hydroxyl groups is 1. The maximum Gasteiger partial charge on any atom is 0.342 e. The Kier molecular flexibility index (Phi) is 4.31. The lowest BCUT2D eigenvalue weighted by molar-refractivity contribution is 0.0600. The van der Waals surface area contributed by atoms with Crippen molar-refractivity contribution in [3.63, 3.8) is 0 Å². The molecule has 0 aliphatic carbocycles. The summed E-state index contributed by atoms with van der Waals surface area (Å²) in [6.07, 6.45) is 3.56. The first-order valence-corrected chi connectivity index (χ1v) is 8.09. The molecule has 5 nitrogen and oxygen atoms in total. The molecular weight excluding hydrogens is 294 g/mol. The second-order valence-corrected chi connectivity index (χ2v) is 6.28. The van der Waals surface area contributed by atoms with E-state index < -0.39 is 5.97 Å². The average Bonchev–Trinajstić information content (AvgIpc) is 2.87. The van der Waals surface area contributed by atoms with E-state index in [4.69, 9.17) is 9.15 Å². The van der Waals surface area contributed by atoms with Gasteiger partial charge in [-0.25, -0.2) is 4.79 Å². The number of methoxy groups -OCH3 is 1. The molecule has 3 rings (SSSR count). The van der Waals surface area contributed by atoms with E-state index in [2.05, 4.69) is 11.8 Å². The molecule has 23 heavy (non-hydrogen) atoms. The molecule has 0 amide bonds. The fourth-order valence-electron chi connectivity index (χ4n) is 3.47. The highest BCUT2D eigenvalue weighted by Gasteiger charge is 2.26. The monoisotopic (exact) mass is 317 g/mol. The van der Waals surface area contributed by atoms with E-state index in [1.807, 2.05) is 0 Å². The summed E-state index contributed by atoms with van der Waals surface area (Å²) in [5.74, 6) is 0.284. The Labute approximate surface area is 135 Å². The molecule has 2 heterocycles. The van der Waals surface area contributed by atoms with Gasteiger partial charge in [0.2, 0.25) is 0 Å². The molecule has 1 aromatic heterocycles. The molecule has 1 N–H and O–H groups in total. The number of benzene rings is 1. The molecule has 1 unspecified atom stereocenters. The smallest absolute Gasteiger partial charge is 0.342 e. The number of rotatable bonds is 3. The SMILES string of the molecule is COC(=O)c1c(C)oc2ccc(O)c(CN3CCCCC3C)c12. The molecule has 1 saturated heterocycles. The quantitative estimate of drug-likeness (QED) is 0.876. The van der Waals surface area contributed by atoms with Crippen LogP contribution in [0.3, 0.4) is 0 Å². The maximum atomic E-state index is 12.2. The van der Waals surface area contributed by atoms with Gasteiger partial charge in [-0.3, -0.25) is 4.90 Å². The summed E-state index contributed by atoms with van der Waals surface area (Å²) < 4.78 is 10.6. The van der Waals surface area contributed by atoms with Gasteiger partial charge in [-0.05, 0) is 45.4 Å². The van der Waals surface area contributed by atoms with Crippen molar-refractivity contribution in [2.45, 2.75) is 45.7 Å². The summed E-state index contributed by atoms with van der Waals surface area (Å²) >= 11 is 0. The third kappa shape index (κ3) is 2.81. The molecule has 1 atom stereocenters. The van der Waals surface area contributed by atoms with Crippen LogP contribution in [-0.2, 0) is 11.3 Å². The Bertz CT molecular complexity index is 734. The van der Waals surface area contributed by atoms with Crippen LogP contribution in [0.1, 0.15) is 47.9 Å². The molecular formula is C18H23NO4. The van der Waals surface area contributed by atoms with E-state index in [9.17, 15) is 9.90 Å². The van der Waals surface area contributed by atoms with Gasteiger partial charge in [-0.2, -0.15) is 0 Å². The summed E-state index contributed by atoms with van der Waals surface area (Å²) in [5, 5.41) is 11.1. The number of carbonyl (C=O) groups is 1. The van der Waals surface area contributed by atoms with Crippen LogP contribution >= 0.6 is 0 Å². The number of phenolic OH excluding ortho intramolecular Hbond substituents is 1. The highest BCUT2D eigenvalue weighted by molar-refractivity contribution is 6.06. The van der Waals surface area contributed by atoms with Gasteiger partial charge in [0, 0.05) is 23.5 Å². The van der Waals surface area contributed by atoms with Crippen LogP contribution in [0.25, 0.3) is 11.0 Å². The van der Waals surface area contributed by atoms with Crippen LogP contribution in [0.4, 0.5) is 0 Å². The van der Waals surface area contributed by atoms with Gasteiger partial charge in [-0.15, -0.1) is 0 Å². The number of nitrogens with zero attached hydrogens (tertiary/aromatic N) is 1. The molecule has 0 radical (unpaired) electrons. The van der Waals surface area contributed by atoms with Crippen LogP contribution in [-0.4, -0.2) is 35.7 Å². The van der Waals surface area contributed by atoms with E-state index in [0.717, 1.165) is 24.9 Å². The number of hydrogen-bond acceptors (Lipinski definition) is 5. The third-order valence-electron chi connectivity index (χ3n) is 4.81. The molecule has 5 heteroatoms. The normalized spacial score (nSPS) is 19.2. The van der Waals surface area contributed by atoms with Crippen LogP contribution in [0, 0.1) is 6.92 Å². The zero-order chi connectivity index (χ0) is 16.6. The second kappa shape index (κ2) is 6.24. The first kappa shape index (κ1) is 15.9. The van der Waals surface area contributed by atoms with Crippen LogP contribution in [0.5, 0.6) is 5.75 Å². The fraction of sp³-hybridized carbons (Fsp3) is 0.500. The Morgan fingerprint density at radius 2 is 2.22 bits per heavy atom. The number of likely N-dealkylation sites (tertiary alicyclic amines) is 1. The van der Waals surface area contributed by atoms with Gasteiger partial charge in [0.15, 0.2) is 0 Å². The summed E-state index contributed by atoms with van der Waals surface area (Å²) in [4.78, 5) is 14.5. The largest absolute Gasteiger partial charge is 0.508 e. The Balaban J connectivity index is 2.11. The lowest BCUT2D eigenvalue weighted by Crippen LogP contribution is -2.36. The van der Waals surface area contributed by atoms with Gasteiger partial charge in [0.05, 0.1) is 7.11 Å². The summed E-state index contributed by atoms with van der Waals surface area (Å²) in [6, 6.07) is 3.80. The summed E-state index contributed by atoms with van der Waals surface area (Å²) in [5.41, 5.74) is 1.77. The van der Waals surface area contributed by atoms with Gasteiger partial charge >= 0.3 is 5.97 Å². The van der Waals surface area contributed by atoms with Crippen molar-refractivity contribution in [3.05, 3.63) is 29.0 Å². The predicted octanol–water partition coefficient (Wildman–Crippen LogP) is 3.61. The van der Waals surface area contributed by atoms with Crippen molar-refractivity contribution < 1.29 is 19.1 Å². The van der Waals surface area contributed by atoms with Crippen molar-refractivity contribution >= 4 is 16.9 Å². The van der Waals surface area contributed by atoms with Crippen LogP contribution < -0.4 is 0 Å². The molecule has 124 valence electrons. The lowest BCUT2D eigenvalue weighted by atomic mass is 9.99. The van der Waals surface area contributed by atoms with Crippen LogP contribution in [0.15, 0.2) is 16.5 Å². The Morgan fingerprint density at radius 3 is 2.91 bits per heavy atom. The third-order valence-corrected chi connectivity index (χ3v) is 4.81. The highest BCUT2D eigenvalue weighted by Crippen LogP contribution is 2.35. The minimum absolute atomic E-state index is 0.196. The lowest BCUT2D eigenvalue weighted by Gasteiger charge is -2.33. The van der Waals surface area contributed by atoms with Gasteiger partial charge < -0.3 is 14.3 Å². The molecule has 0 saturated carbocycles. The number of piperidine rings is 1. The van der Waals surface area contributed by atoms with Crippen molar-refractivity contribution in [2.75, 3.05) is 13.7 Å². The van der Waals surface area contributed by atoms with Gasteiger partial charge in [0.1, 0.15) is 22.7 Å². The number of fused-ring (bicyclic) bond motifs is 1. The summed E-state index contributed by atoms with van der Waals surface area (Å²) in [6.45, 7) is 5.56. The van der Waals surface area contributed by atoms with E-state index in [0.29, 0.717) is 34.9 Å². The molecule has 2 aromatic rings. The molecule has 1 aliphatic rings. The topological polar surface area (TPSA) is 62.9 Å². The minimum Gasteiger partial charge on any atom is -0.508 e.